The second-order valence-corrected chi connectivity index (χ2v) is 6.67. The highest BCUT2D eigenvalue weighted by molar-refractivity contribution is 6.12. The van der Waals surface area contributed by atoms with Crippen molar-refractivity contribution >= 4 is 28.3 Å². The Morgan fingerprint density at radius 3 is 2.59 bits per heavy atom. The van der Waals surface area contributed by atoms with Gasteiger partial charge in [0, 0.05) is 42.0 Å². The van der Waals surface area contributed by atoms with Crippen LogP contribution in [0.4, 0.5) is 11.4 Å². The predicted octanol–water partition coefficient (Wildman–Crippen LogP) is 3.28. The van der Waals surface area contributed by atoms with Gasteiger partial charge in [0.1, 0.15) is 11.3 Å². The lowest BCUT2D eigenvalue weighted by Crippen LogP contribution is -2.36. The number of carbonyl (C=O) groups is 1. The number of rotatable bonds is 5. The zero-order valence-corrected chi connectivity index (χ0v) is 16.1. The zero-order valence-electron chi connectivity index (χ0n) is 16.1. The van der Waals surface area contributed by atoms with Crippen LogP contribution in [0.2, 0.25) is 0 Å². The van der Waals surface area contributed by atoms with Crippen molar-refractivity contribution in [3.05, 3.63) is 64.5 Å². The molecule has 29 heavy (non-hydrogen) atoms. The summed E-state index contributed by atoms with van der Waals surface area (Å²) in [6, 6.07) is 13.9. The van der Waals surface area contributed by atoms with Gasteiger partial charge < -0.3 is 24.1 Å². The molecule has 1 fully saturated rings. The normalized spacial score (nSPS) is 14.0. The second-order valence-electron chi connectivity index (χ2n) is 6.67. The molecule has 1 aliphatic heterocycles. The number of morpholine rings is 1. The molecule has 0 spiro atoms. The molecule has 4 rings (SSSR count). The maximum absolute atomic E-state index is 12.8. The summed E-state index contributed by atoms with van der Waals surface area (Å²) in [4.78, 5) is 27.0. The fourth-order valence-electron chi connectivity index (χ4n) is 3.36. The maximum atomic E-state index is 12.8. The van der Waals surface area contributed by atoms with E-state index in [4.69, 9.17) is 13.9 Å². The number of hydrogen-bond donors (Lipinski definition) is 1. The Balaban J connectivity index is 1.56. The van der Waals surface area contributed by atoms with E-state index in [0.717, 1.165) is 18.8 Å². The number of carbonyl (C=O) groups excluding carboxylic acids is 1. The van der Waals surface area contributed by atoms with Crippen molar-refractivity contribution in [2.24, 2.45) is 0 Å². The number of benzene rings is 2. The SMILES string of the molecule is CCOc1ccc2c(C(=O)Nc3ccc(N4CCOCC4)cc3)cc(=O)oc2c1. The molecule has 1 aliphatic rings. The summed E-state index contributed by atoms with van der Waals surface area (Å²) in [6.07, 6.45) is 0. The summed E-state index contributed by atoms with van der Waals surface area (Å²) in [5.41, 5.74) is 1.73. The molecule has 1 saturated heterocycles. The van der Waals surface area contributed by atoms with E-state index in [1.54, 1.807) is 18.2 Å². The number of nitrogens with one attached hydrogen (secondary N) is 1. The third kappa shape index (κ3) is 4.25. The molecule has 2 aromatic carbocycles. The molecule has 3 aromatic rings. The predicted molar refractivity (Wildman–Crippen MR) is 111 cm³/mol. The Labute approximate surface area is 167 Å². The van der Waals surface area contributed by atoms with Crippen LogP contribution in [0.15, 0.2) is 57.7 Å². The lowest BCUT2D eigenvalue weighted by Gasteiger charge is -2.28. The molecule has 0 bridgehead atoms. The van der Waals surface area contributed by atoms with Crippen molar-refractivity contribution < 1.29 is 18.7 Å². The Morgan fingerprint density at radius 2 is 1.86 bits per heavy atom. The highest BCUT2D eigenvalue weighted by atomic mass is 16.5. The average Bonchev–Trinajstić information content (AvgIpc) is 2.74. The van der Waals surface area contributed by atoms with E-state index in [1.807, 2.05) is 31.2 Å². The molecule has 7 heteroatoms. The molecule has 0 aliphatic carbocycles. The van der Waals surface area contributed by atoms with Gasteiger partial charge in [-0.05, 0) is 43.3 Å². The first-order valence-electron chi connectivity index (χ1n) is 9.59. The van der Waals surface area contributed by atoms with Gasteiger partial charge in [-0.1, -0.05) is 0 Å². The van der Waals surface area contributed by atoms with E-state index in [2.05, 4.69) is 10.2 Å². The maximum Gasteiger partial charge on any atom is 0.337 e. The monoisotopic (exact) mass is 394 g/mol. The average molecular weight is 394 g/mol. The quantitative estimate of drug-likeness (QED) is 0.669. The van der Waals surface area contributed by atoms with Crippen molar-refractivity contribution in [1.82, 2.24) is 0 Å². The molecule has 150 valence electrons. The lowest BCUT2D eigenvalue weighted by molar-refractivity contribution is 0.102. The van der Waals surface area contributed by atoms with Crippen LogP contribution in [0.5, 0.6) is 5.75 Å². The fraction of sp³-hybridized carbons (Fsp3) is 0.273. The Hall–Kier alpha value is -3.32. The molecule has 0 unspecified atom stereocenters. The van der Waals surface area contributed by atoms with E-state index in [-0.39, 0.29) is 11.5 Å². The van der Waals surface area contributed by atoms with Gasteiger partial charge in [-0.2, -0.15) is 0 Å². The van der Waals surface area contributed by atoms with Gasteiger partial charge in [-0.15, -0.1) is 0 Å². The third-order valence-corrected chi connectivity index (χ3v) is 4.77. The van der Waals surface area contributed by atoms with Gasteiger partial charge in [-0.25, -0.2) is 4.79 Å². The van der Waals surface area contributed by atoms with Crippen molar-refractivity contribution in [1.29, 1.82) is 0 Å². The highest BCUT2D eigenvalue weighted by Crippen LogP contribution is 2.24. The first-order valence-corrected chi connectivity index (χ1v) is 9.59. The smallest absolute Gasteiger partial charge is 0.337 e. The molecule has 1 aromatic heterocycles. The summed E-state index contributed by atoms with van der Waals surface area (Å²) in [6.45, 7) is 5.49. The van der Waals surface area contributed by atoms with Crippen molar-refractivity contribution in [2.75, 3.05) is 43.1 Å². The van der Waals surface area contributed by atoms with Gasteiger partial charge in [0.2, 0.25) is 0 Å². The van der Waals surface area contributed by atoms with E-state index >= 15 is 0 Å². The van der Waals surface area contributed by atoms with Crippen LogP contribution in [-0.4, -0.2) is 38.8 Å². The van der Waals surface area contributed by atoms with Gasteiger partial charge in [-0.3, -0.25) is 4.79 Å². The number of amides is 1. The van der Waals surface area contributed by atoms with Crippen molar-refractivity contribution in [3.8, 4) is 5.75 Å². The molecular weight excluding hydrogens is 372 g/mol. The second kappa shape index (κ2) is 8.36. The molecule has 1 amide bonds. The summed E-state index contributed by atoms with van der Waals surface area (Å²) in [7, 11) is 0. The van der Waals surface area contributed by atoms with Gasteiger partial charge in [0.15, 0.2) is 0 Å². The van der Waals surface area contributed by atoms with Crippen LogP contribution in [0.25, 0.3) is 11.0 Å². The minimum Gasteiger partial charge on any atom is -0.494 e. The number of fused-ring (bicyclic) bond motifs is 1. The highest BCUT2D eigenvalue weighted by Gasteiger charge is 2.15. The van der Waals surface area contributed by atoms with Crippen LogP contribution < -0.4 is 20.6 Å². The Morgan fingerprint density at radius 1 is 1.10 bits per heavy atom. The zero-order chi connectivity index (χ0) is 20.2. The van der Waals surface area contributed by atoms with Gasteiger partial charge >= 0.3 is 5.63 Å². The Kier molecular flexibility index (Phi) is 5.48. The number of hydrogen-bond acceptors (Lipinski definition) is 6. The fourth-order valence-corrected chi connectivity index (χ4v) is 3.36. The van der Waals surface area contributed by atoms with E-state index in [1.165, 1.54) is 6.07 Å². The van der Waals surface area contributed by atoms with Crippen LogP contribution in [0.1, 0.15) is 17.3 Å². The lowest BCUT2D eigenvalue weighted by atomic mass is 10.1. The largest absolute Gasteiger partial charge is 0.494 e. The number of nitrogens with zero attached hydrogens (tertiary/aromatic N) is 1. The molecule has 0 atom stereocenters. The Bertz CT molecular complexity index is 1070. The summed E-state index contributed by atoms with van der Waals surface area (Å²) in [5.74, 6) is 0.214. The van der Waals surface area contributed by atoms with Crippen LogP contribution in [-0.2, 0) is 4.74 Å². The summed E-state index contributed by atoms with van der Waals surface area (Å²) in [5, 5.41) is 3.40. The first kappa shape index (κ1) is 19.0. The van der Waals surface area contributed by atoms with Gasteiger partial charge in [0.05, 0.1) is 25.4 Å². The molecule has 1 N–H and O–H groups in total. The van der Waals surface area contributed by atoms with Crippen LogP contribution in [0, 0.1) is 0 Å². The van der Waals surface area contributed by atoms with Crippen molar-refractivity contribution in [3.63, 3.8) is 0 Å². The topological polar surface area (TPSA) is 81.0 Å². The molecule has 7 nitrogen and oxygen atoms in total. The van der Waals surface area contributed by atoms with Crippen LogP contribution >= 0.6 is 0 Å². The standard InChI is InChI=1S/C22H22N2O5/c1-2-28-17-7-8-18-19(14-21(25)29-20(18)13-17)22(26)23-15-3-5-16(6-4-15)24-9-11-27-12-10-24/h3-8,13-14H,2,9-12H2,1H3,(H,23,26). The molecule has 0 radical (unpaired) electrons. The van der Waals surface area contributed by atoms with Gasteiger partial charge in [0.25, 0.3) is 5.91 Å². The van der Waals surface area contributed by atoms with E-state index in [9.17, 15) is 9.59 Å². The van der Waals surface area contributed by atoms with E-state index in [0.29, 0.717) is 42.2 Å². The van der Waals surface area contributed by atoms with E-state index < -0.39 is 5.63 Å². The summed E-state index contributed by atoms with van der Waals surface area (Å²) < 4.78 is 16.1. The van der Waals surface area contributed by atoms with Crippen molar-refractivity contribution in [2.45, 2.75) is 6.92 Å². The minimum absolute atomic E-state index is 0.261. The molecular formula is C22H22N2O5. The third-order valence-electron chi connectivity index (χ3n) is 4.77. The van der Waals surface area contributed by atoms with Crippen LogP contribution in [0.3, 0.4) is 0 Å². The molecule has 0 saturated carbocycles. The summed E-state index contributed by atoms with van der Waals surface area (Å²) >= 11 is 0. The number of ether oxygens (including phenoxy) is 2. The first-order chi connectivity index (χ1) is 14.1. The minimum atomic E-state index is -0.584. The molecule has 2 heterocycles. The number of anilines is 2.